The summed E-state index contributed by atoms with van der Waals surface area (Å²) in [7, 11) is 0. The molecule has 0 fully saturated rings. The van der Waals surface area contributed by atoms with Crippen LogP contribution in [0.4, 0.5) is 0 Å². The number of carbonyl (C=O) groups is 1. The van der Waals surface area contributed by atoms with Crippen molar-refractivity contribution in [3.05, 3.63) is 5.51 Å². The first-order valence-electron chi connectivity index (χ1n) is 3.17. The van der Waals surface area contributed by atoms with Crippen molar-refractivity contribution in [3.8, 4) is 0 Å². The molecule has 1 aromatic heterocycles. The minimum atomic E-state index is 0.224. The maximum absolute atomic E-state index is 10.5. The van der Waals surface area contributed by atoms with E-state index >= 15 is 0 Å². The van der Waals surface area contributed by atoms with Gasteiger partial charge in [0.25, 0.3) is 0 Å². The maximum Gasteiger partial charge on any atom is 0.174 e. The molecule has 0 bridgehead atoms. The third-order valence-corrected chi connectivity index (χ3v) is 2.88. The smallest absolute Gasteiger partial charge is 0.174 e. The van der Waals surface area contributed by atoms with Gasteiger partial charge in [0.2, 0.25) is 0 Å². The summed E-state index contributed by atoms with van der Waals surface area (Å²) in [5, 5.41) is 7.52. The van der Waals surface area contributed by atoms with Crippen LogP contribution in [0.5, 0.6) is 0 Å². The molecule has 1 rings (SSSR count). The highest BCUT2D eigenvalue weighted by molar-refractivity contribution is 8.01. The van der Waals surface area contributed by atoms with Gasteiger partial charge in [-0.15, -0.1) is 10.2 Å². The lowest BCUT2D eigenvalue weighted by molar-refractivity contribution is -0.116. The van der Waals surface area contributed by atoms with Gasteiger partial charge in [-0.05, 0) is 6.92 Å². The molecular formula is C6H8N2OS2. The van der Waals surface area contributed by atoms with Crippen LogP contribution in [0.25, 0.3) is 0 Å². The second kappa shape index (κ2) is 4.46. The van der Waals surface area contributed by atoms with Gasteiger partial charge >= 0.3 is 0 Å². The average molecular weight is 188 g/mol. The maximum atomic E-state index is 10.5. The van der Waals surface area contributed by atoms with Gasteiger partial charge in [0.1, 0.15) is 11.3 Å². The van der Waals surface area contributed by atoms with E-state index in [2.05, 4.69) is 10.2 Å². The molecule has 5 heteroatoms. The summed E-state index contributed by atoms with van der Waals surface area (Å²) >= 11 is 3.08. The van der Waals surface area contributed by atoms with Crippen molar-refractivity contribution < 1.29 is 4.79 Å². The quantitative estimate of drug-likeness (QED) is 0.673. The molecule has 0 aliphatic heterocycles. The third kappa shape index (κ3) is 3.48. The minimum Gasteiger partial charge on any atom is -0.300 e. The molecule has 0 aliphatic carbocycles. The van der Waals surface area contributed by atoms with Gasteiger partial charge in [-0.1, -0.05) is 23.1 Å². The summed E-state index contributed by atoms with van der Waals surface area (Å²) in [4.78, 5) is 10.5. The fourth-order valence-corrected chi connectivity index (χ4v) is 2.11. The first-order valence-corrected chi connectivity index (χ1v) is 5.04. The van der Waals surface area contributed by atoms with Crippen molar-refractivity contribution >= 4 is 28.9 Å². The molecule has 3 nitrogen and oxygen atoms in total. The molecule has 0 spiro atoms. The van der Waals surface area contributed by atoms with E-state index in [1.54, 1.807) is 24.2 Å². The van der Waals surface area contributed by atoms with Crippen LogP contribution < -0.4 is 0 Å². The second-order valence-electron chi connectivity index (χ2n) is 2.01. The number of hydrogen-bond acceptors (Lipinski definition) is 5. The molecule has 0 amide bonds. The molecule has 0 saturated heterocycles. The Labute approximate surface area is 73.2 Å². The normalized spacial score (nSPS) is 9.91. The number of ketones is 1. The Morgan fingerprint density at radius 1 is 1.82 bits per heavy atom. The van der Waals surface area contributed by atoms with Crippen molar-refractivity contribution in [1.82, 2.24) is 10.2 Å². The summed E-state index contributed by atoms with van der Waals surface area (Å²) < 4.78 is 0.936. The number of nitrogens with zero attached hydrogens (tertiary/aromatic N) is 2. The minimum absolute atomic E-state index is 0.224. The van der Waals surface area contributed by atoms with E-state index in [1.807, 2.05) is 0 Å². The van der Waals surface area contributed by atoms with E-state index in [0.717, 1.165) is 10.1 Å². The standard InChI is InChI=1S/C6H8N2OS2/c1-5(9)2-3-10-6-8-7-4-11-6/h4H,2-3H2,1H3. The van der Waals surface area contributed by atoms with Crippen LogP contribution in [0.15, 0.2) is 9.85 Å². The van der Waals surface area contributed by atoms with E-state index < -0.39 is 0 Å². The van der Waals surface area contributed by atoms with Gasteiger partial charge in [-0.25, -0.2) is 0 Å². The van der Waals surface area contributed by atoms with Crippen LogP contribution >= 0.6 is 23.1 Å². The predicted octanol–water partition coefficient (Wildman–Crippen LogP) is 1.61. The predicted molar refractivity (Wildman–Crippen MR) is 45.9 cm³/mol. The number of thioether (sulfide) groups is 1. The van der Waals surface area contributed by atoms with Crippen molar-refractivity contribution in [1.29, 1.82) is 0 Å². The molecule has 0 unspecified atom stereocenters. The van der Waals surface area contributed by atoms with Crippen LogP contribution in [0.3, 0.4) is 0 Å². The fraction of sp³-hybridized carbons (Fsp3) is 0.500. The van der Waals surface area contributed by atoms with Crippen molar-refractivity contribution in [2.45, 2.75) is 17.7 Å². The molecule has 0 aromatic carbocycles. The molecule has 0 aliphatic rings. The summed E-state index contributed by atoms with van der Waals surface area (Å²) in [6, 6.07) is 0. The van der Waals surface area contributed by atoms with Gasteiger partial charge < -0.3 is 0 Å². The number of hydrogen-bond donors (Lipinski definition) is 0. The zero-order chi connectivity index (χ0) is 8.10. The molecule has 0 atom stereocenters. The van der Waals surface area contributed by atoms with Gasteiger partial charge in [-0.2, -0.15) is 0 Å². The lowest BCUT2D eigenvalue weighted by atomic mass is 10.4. The summed E-state index contributed by atoms with van der Waals surface area (Å²) in [6.45, 7) is 1.60. The SMILES string of the molecule is CC(=O)CCSc1nncs1. The first-order chi connectivity index (χ1) is 5.29. The van der Waals surface area contributed by atoms with Crippen LogP contribution in [-0.4, -0.2) is 21.7 Å². The Hall–Kier alpha value is -0.420. The van der Waals surface area contributed by atoms with Crippen LogP contribution in [0, 0.1) is 0 Å². The van der Waals surface area contributed by atoms with E-state index in [1.165, 1.54) is 11.3 Å². The molecule has 0 N–H and O–H groups in total. The van der Waals surface area contributed by atoms with Gasteiger partial charge in [0.15, 0.2) is 4.34 Å². The Morgan fingerprint density at radius 3 is 3.18 bits per heavy atom. The van der Waals surface area contributed by atoms with Crippen LogP contribution in [0.2, 0.25) is 0 Å². The largest absolute Gasteiger partial charge is 0.300 e. The Kier molecular flexibility index (Phi) is 3.51. The molecule has 1 aromatic rings. The zero-order valence-corrected chi connectivity index (χ0v) is 7.74. The van der Waals surface area contributed by atoms with Gasteiger partial charge in [-0.3, -0.25) is 4.79 Å². The van der Waals surface area contributed by atoms with Gasteiger partial charge in [0.05, 0.1) is 0 Å². The molecule has 0 saturated carbocycles. The molecular weight excluding hydrogens is 180 g/mol. The molecule has 60 valence electrons. The summed E-state index contributed by atoms with van der Waals surface area (Å²) in [5.41, 5.74) is 1.69. The van der Waals surface area contributed by atoms with Crippen LogP contribution in [-0.2, 0) is 4.79 Å². The van der Waals surface area contributed by atoms with E-state index in [-0.39, 0.29) is 5.78 Å². The third-order valence-electron chi connectivity index (χ3n) is 1.02. The summed E-state index contributed by atoms with van der Waals surface area (Å²) in [5.74, 6) is 1.03. The highest BCUT2D eigenvalue weighted by Gasteiger charge is 1.98. The number of carbonyl (C=O) groups excluding carboxylic acids is 1. The Morgan fingerprint density at radius 2 is 2.64 bits per heavy atom. The van der Waals surface area contributed by atoms with E-state index in [4.69, 9.17) is 0 Å². The lowest BCUT2D eigenvalue weighted by Gasteiger charge is -1.91. The number of aromatic nitrogens is 2. The highest BCUT2D eigenvalue weighted by atomic mass is 32.2. The number of rotatable bonds is 4. The lowest BCUT2D eigenvalue weighted by Crippen LogP contribution is -1.91. The molecule has 1 heterocycles. The van der Waals surface area contributed by atoms with Crippen molar-refractivity contribution in [2.75, 3.05) is 5.75 Å². The summed E-state index contributed by atoms with van der Waals surface area (Å²) in [6.07, 6.45) is 0.615. The van der Waals surface area contributed by atoms with E-state index in [9.17, 15) is 4.79 Å². The Bertz CT molecular complexity index is 222. The second-order valence-corrected chi connectivity index (χ2v) is 4.18. The highest BCUT2D eigenvalue weighted by Crippen LogP contribution is 2.19. The van der Waals surface area contributed by atoms with Crippen LogP contribution in [0.1, 0.15) is 13.3 Å². The van der Waals surface area contributed by atoms with Crippen molar-refractivity contribution in [3.63, 3.8) is 0 Å². The molecule has 11 heavy (non-hydrogen) atoms. The molecule has 0 radical (unpaired) electrons. The Balaban J connectivity index is 2.19. The fourth-order valence-electron chi connectivity index (χ4n) is 0.508. The zero-order valence-electron chi connectivity index (χ0n) is 6.11. The monoisotopic (exact) mass is 188 g/mol. The van der Waals surface area contributed by atoms with Gasteiger partial charge in [0, 0.05) is 12.2 Å². The topological polar surface area (TPSA) is 42.9 Å². The average Bonchev–Trinajstić information content (AvgIpc) is 2.39. The van der Waals surface area contributed by atoms with E-state index in [0.29, 0.717) is 6.42 Å². The first kappa shape index (κ1) is 8.67. The van der Waals surface area contributed by atoms with Crippen molar-refractivity contribution in [2.24, 2.45) is 0 Å². The number of Topliss-reactive ketones (excluding diaryl/α,β-unsaturated/α-hetero) is 1.